The van der Waals surface area contributed by atoms with E-state index in [1.165, 1.54) is 25.7 Å². The summed E-state index contributed by atoms with van der Waals surface area (Å²) in [5, 5.41) is 3.42. The zero-order chi connectivity index (χ0) is 12.0. The quantitative estimate of drug-likeness (QED) is 0.704. The van der Waals surface area contributed by atoms with Crippen molar-refractivity contribution in [1.82, 2.24) is 5.32 Å². The average Bonchev–Trinajstić information content (AvgIpc) is 2.24. The highest BCUT2D eigenvalue weighted by molar-refractivity contribution is 4.76. The molecular formula is C14H29NO. The molecule has 0 aromatic heterocycles. The molecule has 0 bridgehead atoms. The monoisotopic (exact) mass is 227 g/mol. The molecule has 0 radical (unpaired) electrons. The third-order valence-electron chi connectivity index (χ3n) is 3.83. The van der Waals surface area contributed by atoms with Gasteiger partial charge in [0.1, 0.15) is 0 Å². The summed E-state index contributed by atoms with van der Waals surface area (Å²) in [6.45, 7) is 11.2. The maximum atomic E-state index is 6.09. The van der Waals surface area contributed by atoms with E-state index in [-0.39, 0.29) is 0 Å². The third-order valence-corrected chi connectivity index (χ3v) is 3.83. The van der Waals surface area contributed by atoms with Gasteiger partial charge in [-0.05, 0) is 51.0 Å². The zero-order valence-electron chi connectivity index (χ0n) is 11.5. The average molecular weight is 227 g/mol. The fourth-order valence-electron chi connectivity index (χ4n) is 2.48. The summed E-state index contributed by atoms with van der Waals surface area (Å²) in [6, 6.07) is 0. The van der Waals surface area contributed by atoms with Crippen molar-refractivity contribution >= 4 is 0 Å². The maximum Gasteiger partial charge on any atom is 0.0675 e. The lowest BCUT2D eigenvalue weighted by atomic mass is 9.80. The van der Waals surface area contributed by atoms with Crippen molar-refractivity contribution in [1.29, 1.82) is 0 Å². The lowest BCUT2D eigenvalue weighted by Gasteiger charge is -2.33. The second-order valence-corrected chi connectivity index (χ2v) is 5.54. The third kappa shape index (κ3) is 4.84. The molecule has 1 aliphatic rings. The van der Waals surface area contributed by atoms with Gasteiger partial charge in [0.05, 0.1) is 12.2 Å². The van der Waals surface area contributed by atoms with E-state index < -0.39 is 0 Å². The second-order valence-electron chi connectivity index (χ2n) is 5.54. The normalized spacial score (nSPS) is 32.6. The number of ether oxygens (including phenoxy) is 1. The molecule has 0 saturated heterocycles. The summed E-state index contributed by atoms with van der Waals surface area (Å²) in [4.78, 5) is 0. The molecule has 0 aromatic carbocycles. The Balaban J connectivity index is 2.16. The SMILES string of the molecule is CCCNCC(C)OC1CCC(C)C(C)C1. The number of rotatable bonds is 6. The molecule has 0 aliphatic heterocycles. The zero-order valence-corrected chi connectivity index (χ0v) is 11.5. The minimum absolute atomic E-state index is 0.358. The van der Waals surface area contributed by atoms with Gasteiger partial charge in [0.15, 0.2) is 0 Å². The summed E-state index contributed by atoms with van der Waals surface area (Å²) in [7, 11) is 0. The van der Waals surface area contributed by atoms with Crippen molar-refractivity contribution in [3.63, 3.8) is 0 Å². The molecule has 1 rings (SSSR count). The molecule has 0 amide bonds. The van der Waals surface area contributed by atoms with Crippen LogP contribution in [0, 0.1) is 11.8 Å². The molecular weight excluding hydrogens is 198 g/mol. The first kappa shape index (κ1) is 14.0. The van der Waals surface area contributed by atoms with Gasteiger partial charge in [0.2, 0.25) is 0 Å². The van der Waals surface area contributed by atoms with Crippen LogP contribution >= 0.6 is 0 Å². The Morgan fingerprint density at radius 1 is 1.25 bits per heavy atom. The van der Waals surface area contributed by atoms with Crippen molar-refractivity contribution in [3.05, 3.63) is 0 Å². The van der Waals surface area contributed by atoms with Crippen LogP contribution < -0.4 is 5.32 Å². The van der Waals surface area contributed by atoms with E-state index in [1.54, 1.807) is 0 Å². The van der Waals surface area contributed by atoms with Gasteiger partial charge >= 0.3 is 0 Å². The van der Waals surface area contributed by atoms with Crippen LogP contribution in [0.3, 0.4) is 0 Å². The number of nitrogens with one attached hydrogen (secondary N) is 1. The van der Waals surface area contributed by atoms with Crippen molar-refractivity contribution in [2.45, 2.75) is 65.6 Å². The second kappa shape index (κ2) is 7.29. The highest BCUT2D eigenvalue weighted by atomic mass is 16.5. The molecule has 96 valence electrons. The highest BCUT2D eigenvalue weighted by Crippen LogP contribution is 2.31. The van der Waals surface area contributed by atoms with E-state index in [9.17, 15) is 0 Å². The Hall–Kier alpha value is -0.0800. The predicted octanol–water partition coefficient (Wildman–Crippen LogP) is 3.22. The van der Waals surface area contributed by atoms with E-state index in [4.69, 9.17) is 4.74 Å². The van der Waals surface area contributed by atoms with Crippen LogP contribution in [-0.4, -0.2) is 25.3 Å². The van der Waals surface area contributed by atoms with E-state index in [0.29, 0.717) is 12.2 Å². The van der Waals surface area contributed by atoms with Gasteiger partial charge in [-0.1, -0.05) is 20.8 Å². The van der Waals surface area contributed by atoms with Crippen LogP contribution in [0.15, 0.2) is 0 Å². The lowest BCUT2D eigenvalue weighted by Crippen LogP contribution is -2.34. The Morgan fingerprint density at radius 3 is 2.62 bits per heavy atom. The fraction of sp³-hybridized carbons (Fsp3) is 1.00. The Morgan fingerprint density at radius 2 is 2.00 bits per heavy atom. The predicted molar refractivity (Wildman–Crippen MR) is 69.7 cm³/mol. The summed E-state index contributed by atoms with van der Waals surface area (Å²) in [5.41, 5.74) is 0. The summed E-state index contributed by atoms with van der Waals surface area (Å²) >= 11 is 0. The lowest BCUT2D eigenvalue weighted by molar-refractivity contribution is -0.0383. The van der Waals surface area contributed by atoms with Crippen LogP contribution in [-0.2, 0) is 4.74 Å². The Bertz CT molecular complexity index is 184. The smallest absolute Gasteiger partial charge is 0.0675 e. The Kier molecular flexibility index (Phi) is 6.37. The van der Waals surface area contributed by atoms with Gasteiger partial charge in [-0.3, -0.25) is 0 Å². The first-order valence-electron chi connectivity index (χ1n) is 6.99. The fourth-order valence-corrected chi connectivity index (χ4v) is 2.48. The molecule has 4 atom stereocenters. The van der Waals surface area contributed by atoms with E-state index in [2.05, 4.69) is 33.0 Å². The number of hydrogen-bond acceptors (Lipinski definition) is 2. The molecule has 1 aliphatic carbocycles. The molecule has 0 aromatic rings. The molecule has 2 heteroatoms. The molecule has 1 fully saturated rings. The van der Waals surface area contributed by atoms with Gasteiger partial charge in [-0.15, -0.1) is 0 Å². The van der Waals surface area contributed by atoms with Crippen LogP contribution in [0.25, 0.3) is 0 Å². The van der Waals surface area contributed by atoms with Gasteiger partial charge < -0.3 is 10.1 Å². The van der Waals surface area contributed by atoms with Gasteiger partial charge in [0.25, 0.3) is 0 Å². The van der Waals surface area contributed by atoms with Crippen molar-refractivity contribution in [3.8, 4) is 0 Å². The highest BCUT2D eigenvalue weighted by Gasteiger charge is 2.25. The van der Waals surface area contributed by atoms with E-state index in [0.717, 1.165) is 24.9 Å². The first-order chi connectivity index (χ1) is 7.63. The molecule has 2 nitrogen and oxygen atoms in total. The van der Waals surface area contributed by atoms with Crippen LogP contribution in [0.2, 0.25) is 0 Å². The minimum atomic E-state index is 0.358. The van der Waals surface area contributed by atoms with Crippen molar-refractivity contribution < 1.29 is 4.74 Å². The minimum Gasteiger partial charge on any atom is -0.374 e. The van der Waals surface area contributed by atoms with E-state index in [1.807, 2.05) is 0 Å². The van der Waals surface area contributed by atoms with E-state index >= 15 is 0 Å². The maximum absolute atomic E-state index is 6.09. The van der Waals surface area contributed by atoms with Crippen LogP contribution in [0.1, 0.15) is 53.4 Å². The molecule has 0 heterocycles. The topological polar surface area (TPSA) is 21.3 Å². The standard InChI is InChI=1S/C14H29NO/c1-5-8-15-10-13(4)16-14-7-6-11(2)12(3)9-14/h11-15H,5-10H2,1-4H3. The van der Waals surface area contributed by atoms with Crippen molar-refractivity contribution in [2.24, 2.45) is 11.8 Å². The van der Waals surface area contributed by atoms with Gasteiger partial charge in [0, 0.05) is 6.54 Å². The summed E-state index contributed by atoms with van der Waals surface area (Å²) in [6.07, 6.45) is 5.90. The summed E-state index contributed by atoms with van der Waals surface area (Å²) < 4.78 is 6.09. The summed E-state index contributed by atoms with van der Waals surface area (Å²) in [5.74, 6) is 1.71. The van der Waals surface area contributed by atoms with Crippen LogP contribution in [0.5, 0.6) is 0 Å². The molecule has 1 N–H and O–H groups in total. The molecule has 4 unspecified atom stereocenters. The van der Waals surface area contributed by atoms with Gasteiger partial charge in [-0.2, -0.15) is 0 Å². The van der Waals surface area contributed by atoms with Gasteiger partial charge in [-0.25, -0.2) is 0 Å². The molecule has 16 heavy (non-hydrogen) atoms. The largest absolute Gasteiger partial charge is 0.374 e. The van der Waals surface area contributed by atoms with Crippen LogP contribution in [0.4, 0.5) is 0 Å². The molecule has 1 saturated carbocycles. The van der Waals surface area contributed by atoms with Crippen molar-refractivity contribution in [2.75, 3.05) is 13.1 Å². The number of hydrogen-bond donors (Lipinski definition) is 1. The first-order valence-corrected chi connectivity index (χ1v) is 6.99. The molecule has 0 spiro atoms. The Labute approximate surface area is 101 Å².